The Morgan fingerprint density at radius 2 is 1.86 bits per heavy atom. The summed E-state index contributed by atoms with van der Waals surface area (Å²) in [6.07, 6.45) is 6.77. The van der Waals surface area contributed by atoms with Crippen LogP contribution in [-0.4, -0.2) is 28.3 Å². The van der Waals surface area contributed by atoms with Crippen molar-refractivity contribution in [3.05, 3.63) is 41.0 Å². The number of nitrogens with one attached hydrogen (secondary N) is 1. The Morgan fingerprint density at radius 3 is 2.64 bits per heavy atom. The molecule has 0 spiro atoms. The highest BCUT2D eigenvalue weighted by atomic mass is 35.5. The first-order chi connectivity index (χ1) is 10.8. The minimum Gasteiger partial charge on any atom is -0.355 e. The lowest BCUT2D eigenvalue weighted by Crippen LogP contribution is -2.25. The van der Waals surface area contributed by atoms with Crippen molar-refractivity contribution < 1.29 is 0 Å². The molecule has 0 aliphatic carbocycles. The van der Waals surface area contributed by atoms with Crippen LogP contribution in [0.1, 0.15) is 31.2 Å². The van der Waals surface area contributed by atoms with Gasteiger partial charge in [-0.15, -0.1) is 5.10 Å². The van der Waals surface area contributed by atoms with E-state index in [1.807, 2.05) is 24.3 Å². The summed E-state index contributed by atoms with van der Waals surface area (Å²) in [5.74, 6) is 1.44. The second-order valence-electron chi connectivity index (χ2n) is 5.48. The molecule has 1 aliphatic heterocycles. The van der Waals surface area contributed by atoms with Crippen LogP contribution < -0.4 is 10.2 Å². The van der Waals surface area contributed by atoms with Crippen LogP contribution in [0.15, 0.2) is 30.5 Å². The van der Waals surface area contributed by atoms with Gasteiger partial charge < -0.3 is 10.2 Å². The molecule has 1 fully saturated rings. The fourth-order valence-corrected chi connectivity index (χ4v) is 2.84. The normalized spacial score (nSPS) is 15.4. The van der Waals surface area contributed by atoms with E-state index >= 15 is 0 Å². The van der Waals surface area contributed by atoms with Crippen molar-refractivity contribution in [1.82, 2.24) is 15.2 Å². The van der Waals surface area contributed by atoms with E-state index < -0.39 is 0 Å². The highest BCUT2D eigenvalue weighted by Gasteiger charge is 2.12. The molecule has 0 atom stereocenters. The topological polar surface area (TPSA) is 53.9 Å². The molecule has 2 aromatic rings. The molecule has 22 heavy (non-hydrogen) atoms. The molecule has 3 rings (SSSR count). The maximum absolute atomic E-state index is 6.16. The summed E-state index contributed by atoms with van der Waals surface area (Å²) in [7, 11) is 0. The minimum absolute atomic E-state index is 0.543. The van der Waals surface area contributed by atoms with Crippen LogP contribution in [0.2, 0.25) is 5.02 Å². The Hall–Kier alpha value is -1.88. The third-order valence-electron chi connectivity index (χ3n) is 3.87. The van der Waals surface area contributed by atoms with Gasteiger partial charge in [-0.05, 0) is 24.5 Å². The van der Waals surface area contributed by atoms with Crippen LogP contribution in [0.4, 0.5) is 11.8 Å². The maximum atomic E-state index is 6.16. The Labute approximate surface area is 135 Å². The molecule has 0 saturated carbocycles. The molecule has 116 valence electrons. The van der Waals surface area contributed by atoms with E-state index in [2.05, 4.69) is 25.4 Å². The Balaban J connectivity index is 1.67. The lowest BCUT2D eigenvalue weighted by molar-refractivity contribution is 0.726. The molecule has 0 radical (unpaired) electrons. The van der Waals surface area contributed by atoms with Crippen LogP contribution in [-0.2, 0) is 6.54 Å². The van der Waals surface area contributed by atoms with Gasteiger partial charge in [-0.25, -0.2) is 0 Å². The SMILES string of the molecule is Clc1ccccc1CNc1nncc(N2CCCCCC2)n1. The number of aromatic nitrogens is 3. The zero-order valence-electron chi connectivity index (χ0n) is 12.5. The predicted octanol–water partition coefficient (Wildman–Crippen LogP) is 3.52. The number of rotatable bonds is 4. The predicted molar refractivity (Wildman–Crippen MR) is 89.3 cm³/mol. The first-order valence-corrected chi connectivity index (χ1v) is 8.13. The number of hydrogen-bond donors (Lipinski definition) is 1. The first kappa shape index (κ1) is 15.0. The molecule has 1 saturated heterocycles. The zero-order valence-corrected chi connectivity index (χ0v) is 13.3. The summed E-state index contributed by atoms with van der Waals surface area (Å²) in [6.45, 7) is 2.68. The Bertz CT molecular complexity index is 611. The van der Waals surface area contributed by atoms with Crippen LogP contribution in [0.5, 0.6) is 0 Å². The summed E-state index contributed by atoms with van der Waals surface area (Å²) < 4.78 is 0. The number of hydrogen-bond acceptors (Lipinski definition) is 5. The van der Waals surface area contributed by atoms with Crippen LogP contribution in [0.3, 0.4) is 0 Å². The fraction of sp³-hybridized carbons (Fsp3) is 0.438. The monoisotopic (exact) mass is 317 g/mol. The van der Waals surface area contributed by atoms with E-state index in [0.29, 0.717) is 12.5 Å². The lowest BCUT2D eigenvalue weighted by atomic mass is 10.2. The van der Waals surface area contributed by atoms with Gasteiger partial charge in [0.1, 0.15) is 0 Å². The van der Waals surface area contributed by atoms with Gasteiger partial charge in [0.15, 0.2) is 5.82 Å². The second kappa shape index (κ2) is 7.40. The Morgan fingerprint density at radius 1 is 1.09 bits per heavy atom. The van der Waals surface area contributed by atoms with Gasteiger partial charge in [0.05, 0.1) is 6.20 Å². The minimum atomic E-state index is 0.543. The number of anilines is 2. The molecular weight excluding hydrogens is 298 g/mol. The molecule has 1 aromatic heterocycles. The van der Waals surface area contributed by atoms with Gasteiger partial charge in [0, 0.05) is 24.7 Å². The second-order valence-corrected chi connectivity index (χ2v) is 5.89. The van der Waals surface area contributed by atoms with Crippen molar-refractivity contribution in [2.45, 2.75) is 32.2 Å². The van der Waals surface area contributed by atoms with E-state index in [9.17, 15) is 0 Å². The molecule has 2 heterocycles. The molecular formula is C16H20ClN5. The van der Waals surface area contributed by atoms with Gasteiger partial charge in [-0.1, -0.05) is 42.6 Å². The van der Waals surface area contributed by atoms with Gasteiger partial charge in [0.2, 0.25) is 5.95 Å². The molecule has 0 unspecified atom stereocenters. The summed E-state index contributed by atoms with van der Waals surface area (Å²) in [5, 5.41) is 12.1. The molecule has 1 N–H and O–H groups in total. The van der Waals surface area contributed by atoms with Crippen molar-refractivity contribution in [1.29, 1.82) is 0 Å². The quantitative estimate of drug-likeness (QED) is 0.935. The smallest absolute Gasteiger partial charge is 0.244 e. The fourth-order valence-electron chi connectivity index (χ4n) is 2.64. The Kier molecular flexibility index (Phi) is 5.06. The summed E-state index contributed by atoms with van der Waals surface area (Å²) >= 11 is 6.16. The molecule has 0 bridgehead atoms. The summed E-state index contributed by atoms with van der Waals surface area (Å²) in [4.78, 5) is 6.87. The van der Waals surface area contributed by atoms with E-state index in [1.165, 1.54) is 25.7 Å². The molecule has 1 aromatic carbocycles. The van der Waals surface area contributed by atoms with E-state index in [0.717, 1.165) is 29.5 Å². The van der Waals surface area contributed by atoms with E-state index in [-0.39, 0.29) is 0 Å². The van der Waals surface area contributed by atoms with Crippen molar-refractivity contribution >= 4 is 23.4 Å². The average molecular weight is 318 g/mol. The molecule has 6 heteroatoms. The third-order valence-corrected chi connectivity index (χ3v) is 4.24. The number of benzene rings is 1. The highest BCUT2D eigenvalue weighted by Crippen LogP contribution is 2.18. The number of halogens is 1. The maximum Gasteiger partial charge on any atom is 0.244 e. The van der Waals surface area contributed by atoms with Gasteiger partial charge >= 0.3 is 0 Å². The lowest BCUT2D eigenvalue weighted by Gasteiger charge is -2.21. The van der Waals surface area contributed by atoms with E-state index in [4.69, 9.17) is 11.6 Å². The van der Waals surface area contributed by atoms with Crippen molar-refractivity contribution in [3.8, 4) is 0 Å². The standard InChI is InChI=1S/C16H20ClN5/c17-14-8-4-3-7-13(14)11-18-16-20-15(12-19-21-16)22-9-5-1-2-6-10-22/h3-4,7-8,12H,1-2,5-6,9-11H2,(H,18,20,21). The summed E-state index contributed by atoms with van der Waals surface area (Å²) in [6, 6.07) is 7.76. The molecule has 5 nitrogen and oxygen atoms in total. The van der Waals surface area contributed by atoms with Gasteiger partial charge in [-0.2, -0.15) is 10.1 Å². The summed E-state index contributed by atoms with van der Waals surface area (Å²) in [5.41, 5.74) is 1.02. The highest BCUT2D eigenvalue weighted by molar-refractivity contribution is 6.31. The van der Waals surface area contributed by atoms with Crippen molar-refractivity contribution in [3.63, 3.8) is 0 Å². The van der Waals surface area contributed by atoms with Gasteiger partial charge in [-0.3, -0.25) is 0 Å². The number of nitrogens with zero attached hydrogens (tertiary/aromatic N) is 4. The van der Waals surface area contributed by atoms with E-state index in [1.54, 1.807) is 6.20 Å². The van der Waals surface area contributed by atoms with Crippen molar-refractivity contribution in [2.24, 2.45) is 0 Å². The zero-order chi connectivity index (χ0) is 15.2. The average Bonchev–Trinajstić information content (AvgIpc) is 2.84. The van der Waals surface area contributed by atoms with Crippen molar-refractivity contribution in [2.75, 3.05) is 23.3 Å². The molecule has 0 amide bonds. The first-order valence-electron chi connectivity index (χ1n) is 7.75. The molecule has 1 aliphatic rings. The van der Waals surface area contributed by atoms with Gasteiger partial charge in [0.25, 0.3) is 0 Å². The van der Waals surface area contributed by atoms with Crippen LogP contribution >= 0.6 is 11.6 Å². The third kappa shape index (κ3) is 3.85. The van der Waals surface area contributed by atoms with Crippen LogP contribution in [0.25, 0.3) is 0 Å². The van der Waals surface area contributed by atoms with Crippen LogP contribution in [0, 0.1) is 0 Å². The largest absolute Gasteiger partial charge is 0.355 e.